The first-order valence-electron chi connectivity index (χ1n) is 10.5. The van der Waals surface area contributed by atoms with Gasteiger partial charge >= 0.3 is 5.97 Å². The molecule has 0 amide bonds. The number of carboxylic acid groups (broad SMARTS) is 1. The van der Waals surface area contributed by atoms with Crippen molar-refractivity contribution in [3.63, 3.8) is 0 Å². The maximum Gasteiger partial charge on any atom is 0.307 e. The van der Waals surface area contributed by atoms with Crippen LogP contribution in [-0.2, 0) is 11.2 Å². The molecule has 3 N–H and O–H groups in total. The molecule has 7 heteroatoms. The van der Waals surface area contributed by atoms with Gasteiger partial charge in [0, 0.05) is 36.9 Å². The van der Waals surface area contributed by atoms with Gasteiger partial charge in [-0.15, -0.1) is 0 Å². The third-order valence-corrected chi connectivity index (χ3v) is 5.54. The van der Waals surface area contributed by atoms with Crippen LogP contribution in [0.25, 0.3) is 0 Å². The maximum atomic E-state index is 10.7. The Bertz CT molecular complexity index is 800. The van der Waals surface area contributed by atoms with Crippen molar-refractivity contribution in [2.24, 2.45) is 0 Å². The van der Waals surface area contributed by atoms with E-state index in [2.05, 4.69) is 29.0 Å². The lowest BCUT2D eigenvalue weighted by Gasteiger charge is -2.27. The Kier molecular flexibility index (Phi) is 7.65. The van der Waals surface area contributed by atoms with Crippen LogP contribution in [0.3, 0.4) is 0 Å². The number of rotatable bonds is 10. The van der Waals surface area contributed by atoms with Crippen LogP contribution in [0.15, 0.2) is 42.6 Å². The van der Waals surface area contributed by atoms with Gasteiger partial charge in [-0.25, -0.2) is 4.98 Å². The van der Waals surface area contributed by atoms with Crippen molar-refractivity contribution in [3.05, 3.63) is 53.7 Å². The van der Waals surface area contributed by atoms with E-state index in [1.807, 2.05) is 12.1 Å². The van der Waals surface area contributed by atoms with Crippen LogP contribution in [0, 0.1) is 0 Å². The number of anilines is 1. The Morgan fingerprint density at radius 3 is 2.50 bits per heavy atom. The van der Waals surface area contributed by atoms with Gasteiger partial charge in [0.25, 0.3) is 0 Å². The predicted octanol–water partition coefficient (Wildman–Crippen LogP) is 2.79. The number of carbonyl (C=O) groups is 1. The highest BCUT2D eigenvalue weighted by Crippen LogP contribution is 2.29. The number of aliphatic hydroxyl groups is 1. The van der Waals surface area contributed by atoms with Crippen molar-refractivity contribution in [3.8, 4) is 5.75 Å². The lowest BCUT2D eigenvalue weighted by molar-refractivity contribution is -0.136. The highest BCUT2D eigenvalue weighted by atomic mass is 16.5. The highest BCUT2D eigenvalue weighted by Gasteiger charge is 2.28. The molecule has 1 aromatic heterocycles. The summed E-state index contributed by atoms with van der Waals surface area (Å²) in [4.78, 5) is 17.6. The SMILES string of the molecule is CC1CCC(C)N1c1ccc([C@@H](O)CNCCOc2ccc(CC(=O)O)cc2)cn1. The van der Waals surface area contributed by atoms with Crippen molar-refractivity contribution in [1.82, 2.24) is 10.3 Å². The summed E-state index contributed by atoms with van der Waals surface area (Å²) >= 11 is 0. The Labute approximate surface area is 177 Å². The summed E-state index contributed by atoms with van der Waals surface area (Å²) in [6.45, 7) is 5.91. The molecule has 1 aromatic carbocycles. The first kappa shape index (κ1) is 22.1. The summed E-state index contributed by atoms with van der Waals surface area (Å²) in [6, 6.07) is 12.0. The zero-order valence-electron chi connectivity index (χ0n) is 17.6. The molecule has 1 saturated heterocycles. The molecular formula is C23H31N3O4. The van der Waals surface area contributed by atoms with Crippen molar-refractivity contribution in [2.45, 2.75) is 51.3 Å². The number of hydrogen-bond donors (Lipinski definition) is 3. The van der Waals surface area contributed by atoms with E-state index in [0.717, 1.165) is 16.9 Å². The van der Waals surface area contributed by atoms with E-state index >= 15 is 0 Å². The Hall–Kier alpha value is -2.64. The first-order valence-corrected chi connectivity index (χ1v) is 10.5. The Morgan fingerprint density at radius 1 is 1.20 bits per heavy atom. The fourth-order valence-electron chi connectivity index (χ4n) is 3.87. The van der Waals surface area contributed by atoms with Crippen LogP contribution in [0.5, 0.6) is 5.75 Å². The van der Waals surface area contributed by atoms with Crippen molar-refractivity contribution >= 4 is 11.8 Å². The minimum absolute atomic E-state index is 0.00560. The third kappa shape index (κ3) is 5.93. The summed E-state index contributed by atoms with van der Waals surface area (Å²) in [6.07, 6.45) is 3.51. The van der Waals surface area contributed by atoms with Crippen LogP contribution in [0.1, 0.15) is 43.9 Å². The van der Waals surface area contributed by atoms with E-state index in [-0.39, 0.29) is 6.42 Å². The fraction of sp³-hybridized carbons (Fsp3) is 0.478. The summed E-state index contributed by atoms with van der Waals surface area (Å²) in [5.74, 6) is 0.812. The summed E-state index contributed by atoms with van der Waals surface area (Å²) in [5, 5.41) is 22.4. The third-order valence-electron chi connectivity index (χ3n) is 5.54. The molecule has 162 valence electrons. The number of hydrogen-bond acceptors (Lipinski definition) is 6. The fourth-order valence-corrected chi connectivity index (χ4v) is 3.87. The molecule has 0 spiro atoms. The zero-order chi connectivity index (χ0) is 21.5. The molecule has 3 rings (SSSR count). The Morgan fingerprint density at radius 2 is 1.90 bits per heavy atom. The standard InChI is InChI=1S/C23H31N3O4/c1-16-3-4-17(2)26(16)22-10-7-19(14-25-22)21(27)15-24-11-12-30-20-8-5-18(6-9-20)13-23(28)29/h5-10,14,16-17,21,24,27H,3-4,11-13,15H2,1-2H3,(H,28,29)/t16?,17?,21-/m0/s1. The lowest BCUT2D eigenvalue weighted by atomic mass is 10.1. The molecule has 2 unspecified atom stereocenters. The van der Waals surface area contributed by atoms with Gasteiger partial charge in [-0.3, -0.25) is 4.79 Å². The highest BCUT2D eigenvalue weighted by molar-refractivity contribution is 5.70. The molecule has 1 aliphatic heterocycles. The second-order valence-electron chi connectivity index (χ2n) is 7.92. The van der Waals surface area contributed by atoms with Gasteiger partial charge in [-0.1, -0.05) is 18.2 Å². The smallest absolute Gasteiger partial charge is 0.307 e. The van der Waals surface area contributed by atoms with Gasteiger partial charge in [0.2, 0.25) is 0 Å². The van der Waals surface area contributed by atoms with Crippen molar-refractivity contribution in [2.75, 3.05) is 24.6 Å². The molecule has 1 fully saturated rings. The Balaban J connectivity index is 1.38. The van der Waals surface area contributed by atoms with E-state index < -0.39 is 12.1 Å². The molecule has 0 saturated carbocycles. The van der Waals surface area contributed by atoms with E-state index in [4.69, 9.17) is 9.84 Å². The zero-order valence-corrected chi connectivity index (χ0v) is 17.6. The minimum Gasteiger partial charge on any atom is -0.492 e. The van der Waals surface area contributed by atoms with Gasteiger partial charge in [0.15, 0.2) is 0 Å². The minimum atomic E-state index is -0.851. The number of carboxylic acids is 1. The number of ether oxygens (including phenoxy) is 1. The number of pyridine rings is 1. The van der Waals surface area contributed by atoms with Crippen LogP contribution in [0.4, 0.5) is 5.82 Å². The maximum absolute atomic E-state index is 10.7. The second-order valence-corrected chi connectivity index (χ2v) is 7.92. The lowest BCUT2D eigenvalue weighted by Crippen LogP contribution is -2.33. The number of aliphatic carboxylic acids is 1. The van der Waals surface area contributed by atoms with Crippen LogP contribution < -0.4 is 15.0 Å². The van der Waals surface area contributed by atoms with Gasteiger partial charge in [0.1, 0.15) is 18.2 Å². The molecule has 2 aromatic rings. The van der Waals surface area contributed by atoms with Gasteiger partial charge in [0.05, 0.1) is 12.5 Å². The number of nitrogens with one attached hydrogen (secondary N) is 1. The average Bonchev–Trinajstić information content (AvgIpc) is 3.06. The number of nitrogens with zero attached hydrogens (tertiary/aromatic N) is 2. The summed E-state index contributed by atoms with van der Waals surface area (Å²) < 4.78 is 5.64. The van der Waals surface area contributed by atoms with Gasteiger partial charge in [-0.05, 0) is 50.5 Å². The average molecular weight is 414 g/mol. The first-order chi connectivity index (χ1) is 14.4. The molecule has 0 bridgehead atoms. The molecule has 2 heterocycles. The molecule has 0 aliphatic carbocycles. The summed E-state index contributed by atoms with van der Waals surface area (Å²) in [7, 11) is 0. The molecule has 0 radical (unpaired) electrons. The monoisotopic (exact) mass is 413 g/mol. The second kappa shape index (κ2) is 10.4. The number of benzene rings is 1. The normalized spacial score (nSPS) is 19.6. The molecular weight excluding hydrogens is 382 g/mol. The van der Waals surface area contributed by atoms with Crippen molar-refractivity contribution in [1.29, 1.82) is 0 Å². The predicted molar refractivity (Wildman–Crippen MR) is 116 cm³/mol. The number of aromatic nitrogens is 1. The van der Waals surface area contributed by atoms with E-state index in [1.165, 1.54) is 12.8 Å². The van der Waals surface area contributed by atoms with Gasteiger partial charge < -0.3 is 25.2 Å². The largest absolute Gasteiger partial charge is 0.492 e. The van der Waals surface area contributed by atoms with E-state index in [0.29, 0.717) is 37.5 Å². The van der Waals surface area contributed by atoms with E-state index in [1.54, 1.807) is 30.5 Å². The number of aliphatic hydroxyl groups excluding tert-OH is 1. The van der Waals surface area contributed by atoms with Crippen LogP contribution in [0.2, 0.25) is 0 Å². The quantitative estimate of drug-likeness (QED) is 0.516. The molecule has 3 atom stereocenters. The van der Waals surface area contributed by atoms with Crippen LogP contribution >= 0.6 is 0 Å². The van der Waals surface area contributed by atoms with Crippen molar-refractivity contribution < 1.29 is 19.7 Å². The molecule has 30 heavy (non-hydrogen) atoms. The van der Waals surface area contributed by atoms with Gasteiger partial charge in [-0.2, -0.15) is 0 Å². The molecule has 1 aliphatic rings. The topological polar surface area (TPSA) is 94.9 Å². The van der Waals surface area contributed by atoms with Crippen LogP contribution in [-0.4, -0.2) is 52.9 Å². The summed E-state index contributed by atoms with van der Waals surface area (Å²) in [5.41, 5.74) is 1.53. The van der Waals surface area contributed by atoms with E-state index in [9.17, 15) is 9.90 Å². The molecule has 7 nitrogen and oxygen atoms in total.